The smallest absolute Gasteiger partial charge is 0.214 e. The Morgan fingerprint density at radius 1 is 1.33 bits per heavy atom. The third kappa shape index (κ3) is 2.25. The first-order valence-electron chi connectivity index (χ1n) is 7.65. The zero-order valence-corrected chi connectivity index (χ0v) is 13.7. The highest BCUT2D eigenvalue weighted by molar-refractivity contribution is 7.20. The van der Waals surface area contributed by atoms with Crippen molar-refractivity contribution in [1.82, 2.24) is 14.6 Å². The number of aromatic nitrogens is 3. The number of ether oxygens (including phenoxy) is 1. The fourth-order valence-corrected chi connectivity index (χ4v) is 4.16. The Bertz CT molecular complexity index is 631. The van der Waals surface area contributed by atoms with E-state index in [1.807, 2.05) is 4.52 Å². The van der Waals surface area contributed by atoms with E-state index in [9.17, 15) is 0 Å². The molecule has 0 N–H and O–H groups in total. The number of anilines is 1. The van der Waals surface area contributed by atoms with Crippen molar-refractivity contribution in [2.75, 3.05) is 31.2 Å². The van der Waals surface area contributed by atoms with Crippen molar-refractivity contribution in [3.63, 3.8) is 0 Å². The topological polar surface area (TPSA) is 42.7 Å². The molecule has 0 amide bonds. The molecule has 6 heteroatoms. The van der Waals surface area contributed by atoms with Crippen LogP contribution in [0.25, 0.3) is 4.96 Å². The SMILES string of the molecule is CC(C)(C)c1cn2nc(N3CCC4(CCOC4)C3)sc2n1. The van der Waals surface area contributed by atoms with Crippen molar-refractivity contribution < 1.29 is 4.74 Å². The van der Waals surface area contributed by atoms with E-state index < -0.39 is 0 Å². The van der Waals surface area contributed by atoms with Gasteiger partial charge < -0.3 is 9.64 Å². The van der Waals surface area contributed by atoms with Crippen LogP contribution in [0.2, 0.25) is 0 Å². The molecule has 2 aromatic rings. The number of rotatable bonds is 1. The molecule has 2 aromatic heterocycles. The van der Waals surface area contributed by atoms with E-state index in [0.29, 0.717) is 5.41 Å². The summed E-state index contributed by atoms with van der Waals surface area (Å²) in [5.74, 6) is 0. The number of imidazole rings is 1. The van der Waals surface area contributed by atoms with E-state index in [1.54, 1.807) is 11.3 Å². The minimum atomic E-state index is 0.0759. The van der Waals surface area contributed by atoms with Gasteiger partial charge in [-0.1, -0.05) is 32.1 Å². The van der Waals surface area contributed by atoms with Gasteiger partial charge in [0.1, 0.15) is 0 Å². The predicted octanol–water partition coefficient (Wildman–Crippen LogP) is 2.71. The van der Waals surface area contributed by atoms with Crippen LogP contribution in [0, 0.1) is 5.41 Å². The van der Waals surface area contributed by atoms with Crippen LogP contribution in [0.4, 0.5) is 5.13 Å². The van der Waals surface area contributed by atoms with Gasteiger partial charge in [-0.15, -0.1) is 5.10 Å². The molecule has 0 bridgehead atoms. The Kier molecular flexibility index (Phi) is 2.85. The Morgan fingerprint density at radius 2 is 2.19 bits per heavy atom. The molecule has 2 fully saturated rings. The summed E-state index contributed by atoms with van der Waals surface area (Å²) >= 11 is 1.70. The predicted molar refractivity (Wildman–Crippen MR) is 84.3 cm³/mol. The summed E-state index contributed by atoms with van der Waals surface area (Å²) in [4.78, 5) is 8.14. The zero-order chi connectivity index (χ0) is 14.7. The zero-order valence-electron chi connectivity index (χ0n) is 12.9. The number of fused-ring (bicyclic) bond motifs is 1. The molecule has 1 spiro atoms. The van der Waals surface area contributed by atoms with E-state index in [4.69, 9.17) is 14.8 Å². The maximum Gasteiger partial charge on any atom is 0.214 e. The highest BCUT2D eigenvalue weighted by Gasteiger charge is 2.42. The molecular formula is C15H22N4OS. The molecule has 2 aliphatic heterocycles. The van der Waals surface area contributed by atoms with Gasteiger partial charge in [0.2, 0.25) is 10.1 Å². The second-order valence-electron chi connectivity index (χ2n) is 7.46. The van der Waals surface area contributed by atoms with Crippen molar-refractivity contribution in [3.05, 3.63) is 11.9 Å². The largest absolute Gasteiger partial charge is 0.381 e. The molecule has 21 heavy (non-hydrogen) atoms. The molecular weight excluding hydrogens is 284 g/mol. The van der Waals surface area contributed by atoms with Crippen molar-refractivity contribution in [1.29, 1.82) is 0 Å². The van der Waals surface area contributed by atoms with Gasteiger partial charge in [-0.2, -0.15) is 0 Å². The molecule has 4 rings (SSSR count). The van der Waals surface area contributed by atoms with Gasteiger partial charge in [0.05, 0.1) is 18.5 Å². The average molecular weight is 306 g/mol. The van der Waals surface area contributed by atoms with Gasteiger partial charge in [-0.25, -0.2) is 9.50 Å². The molecule has 1 unspecified atom stereocenters. The van der Waals surface area contributed by atoms with Gasteiger partial charge >= 0.3 is 0 Å². The summed E-state index contributed by atoms with van der Waals surface area (Å²) < 4.78 is 7.54. The van der Waals surface area contributed by atoms with E-state index in [2.05, 4.69) is 31.9 Å². The summed E-state index contributed by atoms with van der Waals surface area (Å²) in [6, 6.07) is 0. The Balaban J connectivity index is 1.59. The number of nitrogens with zero attached hydrogens (tertiary/aromatic N) is 4. The summed E-state index contributed by atoms with van der Waals surface area (Å²) in [6.45, 7) is 10.6. The van der Waals surface area contributed by atoms with Gasteiger partial charge in [-0.3, -0.25) is 0 Å². The molecule has 114 valence electrons. The second-order valence-corrected chi connectivity index (χ2v) is 8.40. The van der Waals surface area contributed by atoms with E-state index in [0.717, 1.165) is 42.1 Å². The number of hydrogen-bond acceptors (Lipinski definition) is 5. The first-order chi connectivity index (χ1) is 9.95. The van der Waals surface area contributed by atoms with Crippen molar-refractivity contribution in [2.24, 2.45) is 5.41 Å². The molecule has 5 nitrogen and oxygen atoms in total. The molecule has 0 aliphatic carbocycles. The molecule has 0 radical (unpaired) electrons. The second kappa shape index (κ2) is 4.43. The fraction of sp³-hybridized carbons (Fsp3) is 0.733. The third-order valence-electron chi connectivity index (χ3n) is 4.69. The van der Waals surface area contributed by atoms with Gasteiger partial charge in [-0.05, 0) is 12.8 Å². The highest BCUT2D eigenvalue weighted by Crippen LogP contribution is 2.41. The first-order valence-corrected chi connectivity index (χ1v) is 8.46. The minimum absolute atomic E-state index is 0.0759. The molecule has 0 aromatic carbocycles. The van der Waals surface area contributed by atoms with Crippen LogP contribution >= 0.6 is 11.3 Å². The molecule has 1 atom stereocenters. The third-order valence-corrected chi connectivity index (χ3v) is 5.68. The molecule has 2 saturated heterocycles. The summed E-state index contributed by atoms with van der Waals surface area (Å²) in [6.07, 6.45) is 4.49. The lowest BCUT2D eigenvalue weighted by Crippen LogP contribution is -2.27. The van der Waals surface area contributed by atoms with Crippen LogP contribution in [0.5, 0.6) is 0 Å². The Morgan fingerprint density at radius 3 is 2.86 bits per heavy atom. The van der Waals surface area contributed by atoms with Crippen LogP contribution in [0.1, 0.15) is 39.3 Å². The van der Waals surface area contributed by atoms with Gasteiger partial charge in [0.15, 0.2) is 0 Å². The lowest BCUT2D eigenvalue weighted by molar-refractivity contribution is 0.160. The summed E-state index contributed by atoms with van der Waals surface area (Å²) in [7, 11) is 0. The maximum absolute atomic E-state index is 5.60. The van der Waals surface area contributed by atoms with Crippen LogP contribution < -0.4 is 4.90 Å². The molecule has 4 heterocycles. The summed E-state index contributed by atoms with van der Waals surface area (Å²) in [5, 5.41) is 5.84. The maximum atomic E-state index is 5.60. The minimum Gasteiger partial charge on any atom is -0.381 e. The molecule has 0 saturated carbocycles. The monoisotopic (exact) mass is 306 g/mol. The Labute approximate surface area is 128 Å². The fourth-order valence-electron chi connectivity index (χ4n) is 3.25. The highest BCUT2D eigenvalue weighted by atomic mass is 32.1. The Hall–Kier alpha value is -1.14. The van der Waals surface area contributed by atoms with Crippen LogP contribution in [-0.2, 0) is 10.2 Å². The van der Waals surface area contributed by atoms with Crippen LogP contribution in [0.3, 0.4) is 0 Å². The van der Waals surface area contributed by atoms with E-state index in [1.165, 1.54) is 12.8 Å². The number of hydrogen-bond donors (Lipinski definition) is 0. The molecule has 2 aliphatic rings. The lowest BCUT2D eigenvalue weighted by atomic mass is 9.87. The van der Waals surface area contributed by atoms with Crippen LogP contribution in [-0.4, -0.2) is 40.9 Å². The average Bonchev–Trinajstić information content (AvgIpc) is 3.13. The normalized spacial score (nSPS) is 26.5. The first kappa shape index (κ1) is 13.5. The quantitative estimate of drug-likeness (QED) is 0.812. The van der Waals surface area contributed by atoms with Gasteiger partial charge in [0, 0.05) is 30.5 Å². The van der Waals surface area contributed by atoms with Crippen molar-refractivity contribution >= 4 is 21.4 Å². The lowest BCUT2D eigenvalue weighted by Gasteiger charge is -2.21. The standard InChI is InChI=1S/C15H22N4OS/c1-14(2,3)11-8-19-12(16-11)21-13(17-19)18-6-4-15(9-18)5-7-20-10-15/h8H,4-7,9-10H2,1-3H3. The van der Waals surface area contributed by atoms with E-state index >= 15 is 0 Å². The van der Waals surface area contributed by atoms with Crippen molar-refractivity contribution in [3.8, 4) is 0 Å². The van der Waals surface area contributed by atoms with Crippen LogP contribution in [0.15, 0.2) is 6.20 Å². The van der Waals surface area contributed by atoms with Crippen molar-refractivity contribution in [2.45, 2.75) is 39.0 Å². The summed E-state index contributed by atoms with van der Waals surface area (Å²) in [5.41, 5.74) is 1.56. The van der Waals surface area contributed by atoms with Gasteiger partial charge in [0.25, 0.3) is 0 Å². The van der Waals surface area contributed by atoms with E-state index in [-0.39, 0.29) is 5.41 Å².